The molecule has 0 bridgehead atoms. The summed E-state index contributed by atoms with van der Waals surface area (Å²) in [5.74, 6) is 2.74. The molecule has 1 aromatic rings. The van der Waals surface area contributed by atoms with E-state index in [-0.39, 0.29) is 17.3 Å². The van der Waals surface area contributed by atoms with Crippen LogP contribution in [-0.2, 0) is 9.47 Å². The van der Waals surface area contributed by atoms with Gasteiger partial charge in [-0.2, -0.15) is 0 Å². The van der Waals surface area contributed by atoms with E-state index >= 15 is 0 Å². The number of ether oxygens (including phenoxy) is 4. The van der Waals surface area contributed by atoms with Crippen LogP contribution in [0.15, 0.2) is 24.3 Å². The molecule has 2 rings (SSSR count). The van der Waals surface area contributed by atoms with E-state index in [1.807, 2.05) is 24.3 Å². The van der Waals surface area contributed by atoms with E-state index in [1.165, 1.54) is 0 Å². The Kier molecular flexibility index (Phi) is 8.42. The Balaban J connectivity index is 1.70. The lowest BCUT2D eigenvalue weighted by Crippen LogP contribution is -2.43. The normalized spacial score (nSPS) is 21.9. The number of hydrogen-bond acceptors (Lipinski definition) is 4. The zero-order chi connectivity index (χ0) is 21.7. The Morgan fingerprint density at radius 3 is 2.10 bits per heavy atom. The van der Waals surface area contributed by atoms with Crippen LogP contribution < -0.4 is 9.47 Å². The van der Waals surface area contributed by atoms with Crippen LogP contribution >= 0.6 is 0 Å². The van der Waals surface area contributed by atoms with Crippen molar-refractivity contribution in [2.24, 2.45) is 11.8 Å². The third-order valence-electron chi connectivity index (χ3n) is 4.82. The van der Waals surface area contributed by atoms with Crippen molar-refractivity contribution in [3.63, 3.8) is 0 Å². The smallest absolute Gasteiger partial charge is 0.123 e. The van der Waals surface area contributed by atoms with E-state index in [1.54, 1.807) is 0 Å². The molecule has 1 saturated carbocycles. The largest absolute Gasteiger partial charge is 0.493 e. The van der Waals surface area contributed by atoms with E-state index in [4.69, 9.17) is 18.9 Å². The van der Waals surface area contributed by atoms with Gasteiger partial charge in [-0.3, -0.25) is 0 Å². The third kappa shape index (κ3) is 9.86. The zero-order valence-corrected chi connectivity index (χ0v) is 19.8. The van der Waals surface area contributed by atoms with Gasteiger partial charge in [0.2, 0.25) is 0 Å². The Morgan fingerprint density at radius 2 is 1.48 bits per heavy atom. The lowest BCUT2D eigenvalue weighted by Gasteiger charge is -2.39. The lowest BCUT2D eigenvalue weighted by atomic mass is 9.91. The molecule has 0 N–H and O–H groups in total. The van der Waals surface area contributed by atoms with Gasteiger partial charge < -0.3 is 18.9 Å². The van der Waals surface area contributed by atoms with Crippen molar-refractivity contribution in [3.05, 3.63) is 24.3 Å². The van der Waals surface area contributed by atoms with Crippen LogP contribution in [0.4, 0.5) is 0 Å². The van der Waals surface area contributed by atoms with Crippen LogP contribution in [0.25, 0.3) is 0 Å². The fraction of sp³-hybridized carbons (Fsp3) is 0.760. The molecule has 0 aromatic heterocycles. The first kappa shape index (κ1) is 24.0. The minimum absolute atomic E-state index is 0.0756. The van der Waals surface area contributed by atoms with Crippen LogP contribution in [0.2, 0.25) is 0 Å². The maximum Gasteiger partial charge on any atom is 0.123 e. The fourth-order valence-corrected chi connectivity index (χ4v) is 3.49. The summed E-state index contributed by atoms with van der Waals surface area (Å²) >= 11 is 0. The number of benzene rings is 1. The predicted molar refractivity (Wildman–Crippen MR) is 119 cm³/mol. The standard InChI is InChI=1S/C25H42O4/c1-18(12-19(2)17-27-24(3,4)5)16-26-20-10-9-11-21(13-20)28-22-14-23(15-22)29-25(6,7)8/h9-11,13,18-19,22-23H,12,14-17H2,1-8H3. The van der Waals surface area contributed by atoms with E-state index in [2.05, 4.69) is 55.4 Å². The molecule has 1 aliphatic rings. The molecular formula is C25H42O4. The molecule has 166 valence electrons. The summed E-state index contributed by atoms with van der Waals surface area (Å²) < 4.78 is 24.0. The van der Waals surface area contributed by atoms with Crippen molar-refractivity contribution in [2.75, 3.05) is 13.2 Å². The molecular weight excluding hydrogens is 364 g/mol. The molecule has 1 fully saturated rings. The van der Waals surface area contributed by atoms with Gasteiger partial charge in [0.1, 0.15) is 17.6 Å². The maximum atomic E-state index is 6.09. The van der Waals surface area contributed by atoms with Crippen LogP contribution in [0.5, 0.6) is 11.5 Å². The summed E-state index contributed by atoms with van der Waals surface area (Å²) in [7, 11) is 0. The summed E-state index contributed by atoms with van der Waals surface area (Å²) in [6.45, 7) is 18.6. The predicted octanol–water partition coefficient (Wildman–Crippen LogP) is 6.27. The molecule has 0 saturated heterocycles. The highest BCUT2D eigenvalue weighted by molar-refractivity contribution is 5.33. The van der Waals surface area contributed by atoms with Gasteiger partial charge in [0.05, 0.1) is 23.9 Å². The molecule has 2 atom stereocenters. The van der Waals surface area contributed by atoms with Gasteiger partial charge in [-0.15, -0.1) is 0 Å². The average Bonchev–Trinajstić information content (AvgIpc) is 2.55. The van der Waals surface area contributed by atoms with E-state index in [0.29, 0.717) is 24.5 Å². The first-order chi connectivity index (χ1) is 13.4. The van der Waals surface area contributed by atoms with Crippen molar-refractivity contribution < 1.29 is 18.9 Å². The number of rotatable bonds is 10. The molecule has 4 nitrogen and oxygen atoms in total. The third-order valence-corrected chi connectivity index (χ3v) is 4.82. The van der Waals surface area contributed by atoms with Gasteiger partial charge >= 0.3 is 0 Å². The van der Waals surface area contributed by atoms with Crippen molar-refractivity contribution in [1.29, 1.82) is 0 Å². The molecule has 2 unspecified atom stereocenters. The maximum absolute atomic E-state index is 6.09. The molecule has 0 radical (unpaired) electrons. The topological polar surface area (TPSA) is 36.9 Å². The molecule has 1 aromatic carbocycles. The highest BCUT2D eigenvalue weighted by atomic mass is 16.5. The second kappa shape index (κ2) is 10.2. The molecule has 0 spiro atoms. The Bertz CT molecular complexity index is 608. The summed E-state index contributed by atoms with van der Waals surface area (Å²) in [4.78, 5) is 0. The van der Waals surface area contributed by atoms with Crippen LogP contribution in [0.3, 0.4) is 0 Å². The summed E-state index contributed by atoms with van der Waals surface area (Å²) in [6, 6.07) is 7.99. The van der Waals surface area contributed by atoms with Gasteiger partial charge in [-0.1, -0.05) is 19.9 Å². The monoisotopic (exact) mass is 406 g/mol. The van der Waals surface area contributed by atoms with Gasteiger partial charge in [0.15, 0.2) is 0 Å². The van der Waals surface area contributed by atoms with Gasteiger partial charge in [0, 0.05) is 25.5 Å². The Hall–Kier alpha value is -1.26. The quantitative estimate of drug-likeness (QED) is 0.459. The van der Waals surface area contributed by atoms with Crippen molar-refractivity contribution in [1.82, 2.24) is 0 Å². The van der Waals surface area contributed by atoms with Crippen LogP contribution in [-0.4, -0.2) is 36.6 Å². The van der Waals surface area contributed by atoms with E-state index in [0.717, 1.165) is 37.4 Å². The molecule has 0 heterocycles. The first-order valence-electron chi connectivity index (χ1n) is 11.1. The first-order valence-corrected chi connectivity index (χ1v) is 11.1. The highest BCUT2D eigenvalue weighted by Gasteiger charge is 2.34. The fourth-order valence-electron chi connectivity index (χ4n) is 3.49. The number of hydrogen-bond donors (Lipinski definition) is 0. The van der Waals surface area contributed by atoms with Crippen molar-refractivity contribution in [2.45, 2.75) is 98.1 Å². The van der Waals surface area contributed by atoms with Crippen LogP contribution in [0, 0.1) is 11.8 Å². The SMILES string of the molecule is CC(COc1cccc(OC2CC(OC(C)(C)C)C2)c1)CC(C)COC(C)(C)C. The lowest BCUT2D eigenvalue weighted by molar-refractivity contribution is -0.126. The van der Waals surface area contributed by atoms with E-state index in [9.17, 15) is 0 Å². The zero-order valence-electron chi connectivity index (χ0n) is 19.8. The molecule has 29 heavy (non-hydrogen) atoms. The van der Waals surface area contributed by atoms with Gasteiger partial charge in [-0.05, 0) is 71.9 Å². The second-order valence-electron chi connectivity index (χ2n) is 10.7. The average molecular weight is 407 g/mol. The van der Waals surface area contributed by atoms with Crippen molar-refractivity contribution >= 4 is 0 Å². The van der Waals surface area contributed by atoms with E-state index < -0.39 is 0 Å². The highest BCUT2D eigenvalue weighted by Crippen LogP contribution is 2.32. The minimum atomic E-state index is -0.0869. The molecule has 0 aliphatic heterocycles. The second-order valence-corrected chi connectivity index (χ2v) is 10.7. The molecule has 4 heteroatoms. The van der Waals surface area contributed by atoms with Crippen molar-refractivity contribution in [3.8, 4) is 11.5 Å². The Labute approximate surface area is 178 Å². The van der Waals surface area contributed by atoms with Gasteiger partial charge in [-0.25, -0.2) is 0 Å². The minimum Gasteiger partial charge on any atom is -0.493 e. The summed E-state index contributed by atoms with van der Waals surface area (Å²) in [5.41, 5.74) is -0.162. The molecule has 1 aliphatic carbocycles. The summed E-state index contributed by atoms with van der Waals surface area (Å²) in [5, 5.41) is 0. The Morgan fingerprint density at radius 1 is 0.862 bits per heavy atom. The van der Waals surface area contributed by atoms with Gasteiger partial charge in [0.25, 0.3) is 0 Å². The van der Waals surface area contributed by atoms with Crippen LogP contribution in [0.1, 0.15) is 74.7 Å². The molecule has 0 amide bonds. The summed E-state index contributed by atoms with van der Waals surface area (Å²) in [6.07, 6.45) is 3.54.